The number of rotatable bonds is 8. The summed E-state index contributed by atoms with van der Waals surface area (Å²) < 4.78 is 13.5. The van der Waals surface area contributed by atoms with Gasteiger partial charge in [-0.05, 0) is 54.8 Å². The molecule has 2 aromatic heterocycles. The Morgan fingerprint density at radius 1 is 0.975 bits per heavy atom. The molecule has 5 aromatic rings. The summed E-state index contributed by atoms with van der Waals surface area (Å²) in [7, 11) is 1.47. The molecular formula is C33H30N4O3. The van der Waals surface area contributed by atoms with Crippen LogP contribution in [0, 0.1) is 16.7 Å². The van der Waals surface area contributed by atoms with Crippen LogP contribution in [0.3, 0.4) is 0 Å². The second-order valence-corrected chi connectivity index (χ2v) is 10.5. The molecule has 200 valence electrons. The van der Waals surface area contributed by atoms with Gasteiger partial charge < -0.3 is 14.0 Å². The highest BCUT2D eigenvalue weighted by Gasteiger charge is 2.43. The normalized spacial score (nSPS) is 14.3. The number of ether oxygens (including phenoxy) is 2. The minimum absolute atomic E-state index is 0.165. The van der Waals surface area contributed by atoms with Crippen LogP contribution in [-0.4, -0.2) is 27.6 Å². The Labute approximate surface area is 233 Å². The second-order valence-electron chi connectivity index (χ2n) is 10.5. The molecule has 0 amide bonds. The lowest BCUT2D eigenvalue weighted by atomic mass is 9.82. The molecule has 0 radical (unpaired) electrons. The number of methoxy groups -OCH3 is 1. The van der Waals surface area contributed by atoms with Gasteiger partial charge in [-0.1, -0.05) is 49.2 Å². The number of fused-ring (bicyclic) bond motifs is 2. The molecule has 0 bridgehead atoms. The molecule has 1 aliphatic rings. The fraction of sp³-hybridized carbons (Fsp3) is 0.273. The van der Waals surface area contributed by atoms with E-state index in [1.54, 1.807) is 6.07 Å². The van der Waals surface area contributed by atoms with E-state index in [4.69, 9.17) is 19.4 Å². The maximum Gasteiger partial charge on any atom is 0.312 e. The Kier molecular flexibility index (Phi) is 6.91. The largest absolute Gasteiger partial charge is 0.487 e. The Hall–Kier alpha value is -4.70. The third-order valence-electron chi connectivity index (χ3n) is 7.91. The number of esters is 1. The fourth-order valence-corrected chi connectivity index (χ4v) is 5.85. The van der Waals surface area contributed by atoms with Crippen molar-refractivity contribution >= 4 is 27.9 Å². The summed E-state index contributed by atoms with van der Waals surface area (Å²) in [4.78, 5) is 22.7. The molecule has 1 aliphatic carbocycles. The van der Waals surface area contributed by atoms with E-state index in [2.05, 4.69) is 16.7 Å². The highest BCUT2D eigenvalue weighted by molar-refractivity contribution is 5.80. The SMILES string of the molecule is COC(=O)C1(Cc2nc3cc(OCc4ccc5ccccc5n4)ccc3n2Cc2cccc(C#N)c2)CCCC1. The first-order valence-corrected chi connectivity index (χ1v) is 13.6. The molecular weight excluding hydrogens is 500 g/mol. The van der Waals surface area contributed by atoms with Gasteiger partial charge in [0.25, 0.3) is 0 Å². The molecule has 0 N–H and O–H groups in total. The topological polar surface area (TPSA) is 90.0 Å². The summed E-state index contributed by atoms with van der Waals surface area (Å²) in [5.74, 6) is 1.37. The highest BCUT2D eigenvalue weighted by Crippen LogP contribution is 2.42. The number of hydrogen-bond acceptors (Lipinski definition) is 6. The molecule has 7 heteroatoms. The second kappa shape index (κ2) is 10.8. The summed E-state index contributed by atoms with van der Waals surface area (Å²) in [5.41, 5.74) is 4.59. The molecule has 2 heterocycles. The van der Waals surface area contributed by atoms with Crippen molar-refractivity contribution in [3.05, 3.63) is 102 Å². The average molecular weight is 531 g/mol. The zero-order valence-electron chi connectivity index (χ0n) is 22.5. The van der Waals surface area contributed by atoms with Crippen LogP contribution in [0.5, 0.6) is 5.75 Å². The number of hydrogen-bond donors (Lipinski definition) is 0. The van der Waals surface area contributed by atoms with Crippen LogP contribution >= 0.6 is 0 Å². The highest BCUT2D eigenvalue weighted by atomic mass is 16.5. The lowest BCUT2D eigenvalue weighted by Crippen LogP contribution is -2.33. The van der Waals surface area contributed by atoms with Gasteiger partial charge >= 0.3 is 5.97 Å². The summed E-state index contributed by atoms with van der Waals surface area (Å²) in [6, 6.07) is 27.8. The monoisotopic (exact) mass is 530 g/mol. The zero-order valence-corrected chi connectivity index (χ0v) is 22.5. The molecule has 0 unspecified atom stereocenters. The van der Waals surface area contributed by atoms with Crippen molar-refractivity contribution in [2.24, 2.45) is 5.41 Å². The molecule has 6 rings (SSSR count). The van der Waals surface area contributed by atoms with E-state index in [0.29, 0.717) is 30.9 Å². The van der Waals surface area contributed by atoms with Crippen molar-refractivity contribution in [3.63, 3.8) is 0 Å². The van der Waals surface area contributed by atoms with Gasteiger partial charge in [0.15, 0.2) is 0 Å². The number of imidazole rings is 1. The number of aromatic nitrogens is 3. The van der Waals surface area contributed by atoms with E-state index in [0.717, 1.165) is 64.7 Å². The number of carbonyl (C=O) groups is 1. The van der Waals surface area contributed by atoms with Gasteiger partial charge in [-0.3, -0.25) is 4.79 Å². The van der Waals surface area contributed by atoms with Crippen molar-refractivity contribution < 1.29 is 14.3 Å². The smallest absolute Gasteiger partial charge is 0.312 e. The summed E-state index contributed by atoms with van der Waals surface area (Å²) >= 11 is 0. The van der Waals surface area contributed by atoms with Crippen LogP contribution in [0.2, 0.25) is 0 Å². The predicted octanol–water partition coefficient (Wildman–Crippen LogP) is 6.36. The Morgan fingerprint density at radius 2 is 1.82 bits per heavy atom. The van der Waals surface area contributed by atoms with Crippen molar-refractivity contribution in [3.8, 4) is 11.8 Å². The molecule has 40 heavy (non-hydrogen) atoms. The number of pyridine rings is 1. The van der Waals surface area contributed by atoms with E-state index in [-0.39, 0.29) is 5.97 Å². The summed E-state index contributed by atoms with van der Waals surface area (Å²) in [5, 5.41) is 10.5. The maximum atomic E-state index is 12.9. The molecule has 0 saturated heterocycles. The molecule has 0 atom stereocenters. The number of para-hydroxylation sites is 1. The van der Waals surface area contributed by atoms with E-state index in [9.17, 15) is 10.1 Å². The van der Waals surface area contributed by atoms with E-state index < -0.39 is 5.41 Å². The summed E-state index contributed by atoms with van der Waals surface area (Å²) in [6.45, 7) is 0.885. The van der Waals surface area contributed by atoms with Gasteiger partial charge in [-0.15, -0.1) is 0 Å². The van der Waals surface area contributed by atoms with E-state index in [1.807, 2.05) is 66.7 Å². The van der Waals surface area contributed by atoms with Gasteiger partial charge in [0.2, 0.25) is 0 Å². The fourth-order valence-electron chi connectivity index (χ4n) is 5.85. The molecule has 1 fully saturated rings. The predicted molar refractivity (Wildman–Crippen MR) is 153 cm³/mol. The molecule has 0 aliphatic heterocycles. The minimum Gasteiger partial charge on any atom is -0.487 e. The lowest BCUT2D eigenvalue weighted by molar-refractivity contribution is -0.152. The van der Waals surface area contributed by atoms with Crippen LogP contribution in [-0.2, 0) is 29.1 Å². The van der Waals surface area contributed by atoms with Gasteiger partial charge in [0.05, 0.1) is 46.4 Å². The lowest BCUT2D eigenvalue weighted by Gasteiger charge is -2.25. The maximum absolute atomic E-state index is 12.9. The number of benzene rings is 3. The van der Waals surface area contributed by atoms with Crippen molar-refractivity contribution in [1.82, 2.24) is 14.5 Å². The minimum atomic E-state index is -0.566. The van der Waals surface area contributed by atoms with Gasteiger partial charge in [-0.2, -0.15) is 5.26 Å². The molecule has 0 spiro atoms. The van der Waals surface area contributed by atoms with E-state index in [1.165, 1.54) is 7.11 Å². The average Bonchev–Trinajstić information content (AvgIpc) is 3.60. The first kappa shape index (κ1) is 25.6. The van der Waals surface area contributed by atoms with Crippen LogP contribution < -0.4 is 4.74 Å². The first-order valence-electron chi connectivity index (χ1n) is 13.6. The van der Waals surface area contributed by atoms with Crippen LogP contribution in [0.1, 0.15) is 48.3 Å². The van der Waals surface area contributed by atoms with E-state index >= 15 is 0 Å². The number of nitriles is 1. The molecule has 7 nitrogen and oxygen atoms in total. The van der Waals surface area contributed by atoms with Crippen molar-refractivity contribution in [2.75, 3.05) is 7.11 Å². The molecule has 3 aromatic carbocycles. The third-order valence-corrected chi connectivity index (χ3v) is 7.91. The zero-order chi connectivity index (χ0) is 27.5. The van der Waals surface area contributed by atoms with Crippen molar-refractivity contribution in [2.45, 2.75) is 45.3 Å². The number of nitrogens with zero attached hydrogens (tertiary/aromatic N) is 4. The Balaban J connectivity index is 1.33. The quantitative estimate of drug-likeness (QED) is 0.217. The summed E-state index contributed by atoms with van der Waals surface area (Å²) in [6.07, 6.45) is 4.09. The van der Waals surface area contributed by atoms with Gasteiger partial charge in [0, 0.05) is 24.4 Å². The van der Waals surface area contributed by atoms with Crippen molar-refractivity contribution in [1.29, 1.82) is 5.26 Å². The third kappa shape index (κ3) is 5.01. The first-order chi connectivity index (χ1) is 19.6. The van der Waals surface area contributed by atoms with Gasteiger partial charge in [0.1, 0.15) is 18.2 Å². The van der Waals surface area contributed by atoms with Gasteiger partial charge in [-0.25, -0.2) is 9.97 Å². The van der Waals surface area contributed by atoms with Crippen LogP contribution in [0.15, 0.2) is 78.9 Å². The Bertz CT molecular complexity index is 1740. The number of carbonyl (C=O) groups excluding carboxylic acids is 1. The molecule has 1 saturated carbocycles. The standard InChI is InChI=1S/C33H30N4O3/c1-39-32(38)33(15-4-5-16-33)19-31-36-29-18-27(40-22-26-12-11-25-9-2-3-10-28(25)35-26)13-14-30(29)37(31)21-24-8-6-7-23(17-24)20-34/h2-3,6-14,17-18H,4-5,15-16,19,21-22H2,1H3. The Morgan fingerprint density at radius 3 is 2.65 bits per heavy atom. The van der Waals surface area contributed by atoms with Crippen LogP contribution in [0.4, 0.5) is 0 Å². The van der Waals surface area contributed by atoms with Crippen LogP contribution in [0.25, 0.3) is 21.9 Å².